The van der Waals surface area contributed by atoms with Crippen molar-refractivity contribution in [1.29, 1.82) is 0 Å². The number of halogens is 1. The highest BCUT2D eigenvalue weighted by Crippen LogP contribution is 2.31. The van der Waals surface area contributed by atoms with Crippen molar-refractivity contribution in [3.05, 3.63) is 22.8 Å². The van der Waals surface area contributed by atoms with Crippen molar-refractivity contribution in [3.63, 3.8) is 0 Å². The fourth-order valence-corrected chi connectivity index (χ4v) is 2.33. The van der Waals surface area contributed by atoms with Crippen LogP contribution in [0.3, 0.4) is 0 Å². The SMILES string of the molecule is CCNc1cc(C(=O)N(CC2CC2)C(C)C)c(Cl)cn1. The quantitative estimate of drug-likeness (QED) is 0.874. The van der Waals surface area contributed by atoms with E-state index in [1.807, 2.05) is 25.7 Å². The number of rotatable bonds is 6. The van der Waals surface area contributed by atoms with Gasteiger partial charge in [0, 0.05) is 25.3 Å². The molecule has 0 bridgehead atoms. The highest BCUT2D eigenvalue weighted by molar-refractivity contribution is 6.33. The van der Waals surface area contributed by atoms with Crippen LogP contribution in [0, 0.1) is 5.92 Å². The summed E-state index contributed by atoms with van der Waals surface area (Å²) in [5, 5.41) is 3.53. The molecule has 0 radical (unpaired) electrons. The Morgan fingerprint density at radius 1 is 1.55 bits per heavy atom. The third kappa shape index (κ3) is 3.63. The van der Waals surface area contributed by atoms with Gasteiger partial charge in [-0.25, -0.2) is 4.98 Å². The van der Waals surface area contributed by atoms with Gasteiger partial charge in [-0.2, -0.15) is 0 Å². The van der Waals surface area contributed by atoms with Crippen LogP contribution in [0.15, 0.2) is 12.3 Å². The molecule has 1 aliphatic carbocycles. The lowest BCUT2D eigenvalue weighted by molar-refractivity contribution is 0.0696. The van der Waals surface area contributed by atoms with Crippen molar-refractivity contribution in [2.24, 2.45) is 5.92 Å². The van der Waals surface area contributed by atoms with Gasteiger partial charge in [-0.05, 0) is 45.6 Å². The molecule has 1 aliphatic rings. The molecule has 0 saturated heterocycles. The van der Waals surface area contributed by atoms with Gasteiger partial charge in [0.05, 0.1) is 10.6 Å². The van der Waals surface area contributed by atoms with Gasteiger partial charge in [0.1, 0.15) is 5.82 Å². The Kier molecular flexibility index (Phi) is 4.86. The minimum absolute atomic E-state index is 0.00143. The molecule has 110 valence electrons. The average Bonchev–Trinajstić information content (AvgIpc) is 3.21. The summed E-state index contributed by atoms with van der Waals surface area (Å²) in [5.74, 6) is 1.35. The number of aromatic nitrogens is 1. The highest BCUT2D eigenvalue weighted by atomic mass is 35.5. The van der Waals surface area contributed by atoms with Crippen molar-refractivity contribution in [2.75, 3.05) is 18.4 Å². The molecule has 4 nitrogen and oxygen atoms in total. The standard InChI is InChI=1S/C15H22ClN3O/c1-4-17-14-7-12(13(16)8-18-14)15(20)19(10(2)3)9-11-5-6-11/h7-8,10-11H,4-6,9H2,1-3H3,(H,17,18). The van der Waals surface area contributed by atoms with Crippen molar-refractivity contribution in [3.8, 4) is 0 Å². The summed E-state index contributed by atoms with van der Waals surface area (Å²) in [6.45, 7) is 7.66. The second-order valence-electron chi connectivity index (χ2n) is 5.57. The van der Waals surface area contributed by atoms with E-state index in [1.165, 1.54) is 12.8 Å². The molecule has 0 aromatic carbocycles. The summed E-state index contributed by atoms with van der Waals surface area (Å²) in [6, 6.07) is 1.92. The van der Waals surface area contributed by atoms with E-state index in [1.54, 1.807) is 12.3 Å². The molecular formula is C15H22ClN3O. The van der Waals surface area contributed by atoms with E-state index < -0.39 is 0 Å². The number of pyridine rings is 1. The molecule has 1 saturated carbocycles. The van der Waals surface area contributed by atoms with E-state index in [0.717, 1.165) is 13.1 Å². The number of nitrogens with zero attached hydrogens (tertiary/aromatic N) is 2. The highest BCUT2D eigenvalue weighted by Gasteiger charge is 2.29. The summed E-state index contributed by atoms with van der Waals surface area (Å²) in [6.07, 6.45) is 3.99. The van der Waals surface area contributed by atoms with Gasteiger partial charge in [0.15, 0.2) is 0 Å². The molecule has 0 aliphatic heterocycles. The van der Waals surface area contributed by atoms with Crippen molar-refractivity contribution in [2.45, 2.75) is 39.7 Å². The molecule has 0 atom stereocenters. The number of hydrogen-bond acceptors (Lipinski definition) is 3. The van der Waals surface area contributed by atoms with E-state index in [-0.39, 0.29) is 11.9 Å². The van der Waals surface area contributed by atoms with E-state index in [9.17, 15) is 4.79 Å². The van der Waals surface area contributed by atoms with Gasteiger partial charge in [0.25, 0.3) is 5.91 Å². The van der Waals surface area contributed by atoms with E-state index in [2.05, 4.69) is 10.3 Å². The molecule has 1 fully saturated rings. The molecule has 0 spiro atoms. The molecule has 0 unspecified atom stereocenters. The lowest BCUT2D eigenvalue weighted by Gasteiger charge is -2.27. The first kappa shape index (κ1) is 15.1. The lowest BCUT2D eigenvalue weighted by atomic mass is 10.1. The molecule has 5 heteroatoms. The molecule has 2 rings (SSSR count). The maximum atomic E-state index is 12.7. The summed E-state index contributed by atoms with van der Waals surface area (Å²) in [5.41, 5.74) is 0.534. The fourth-order valence-electron chi connectivity index (χ4n) is 2.14. The first-order valence-corrected chi connectivity index (χ1v) is 7.61. The summed E-state index contributed by atoms with van der Waals surface area (Å²) in [4.78, 5) is 18.8. The average molecular weight is 296 g/mol. The molecular weight excluding hydrogens is 274 g/mol. The van der Waals surface area contributed by atoms with Crippen LogP contribution in [0.2, 0.25) is 5.02 Å². The Labute approximate surface area is 125 Å². The van der Waals surface area contributed by atoms with Gasteiger partial charge in [-0.1, -0.05) is 11.6 Å². The van der Waals surface area contributed by atoms with Crippen LogP contribution < -0.4 is 5.32 Å². The summed E-state index contributed by atoms with van der Waals surface area (Å²) in [7, 11) is 0. The van der Waals surface area contributed by atoms with Crippen LogP contribution in [-0.2, 0) is 0 Å². The Balaban J connectivity index is 2.22. The van der Waals surface area contributed by atoms with Crippen LogP contribution in [0.1, 0.15) is 44.0 Å². The second-order valence-corrected chi connectivity index (χ2v) is 5.98. The Morgan fingerprint density at radius 3 is 2.80 bits per heavy atom. The zero-order valence-corrected chi connectivity index (χ0v) is 13.1. The number of carbonyl (C=O) groups excluding carboxylic acids is 1. The maximum Gasteiger partial charge on any atom is 0.255 e. The van der Waals surface area contributed by atoms with Gasteiger partial charge in [-0.3, -0.25) is 4.79 Å². The summed E-state index contributed by atoms with van der Waals surface area (Å²) >= 11 is 6.15. The van der Waals surface area contributed by atoms with Crippen molar-refractivity contribution >= 4 is 23.3 Å². The zero-order chi connectivity index (χ0) is 14.7. The third-order valence-electron chi connectivity index (χ3n) is 3.48. The van der Waals surface area contributed by atoms with Crippen LogP contribution in [0.4, 0.5) is 5.82 Å². The topological polar surface area (TPSA) is 45.2 Å². The normalized spacial score (nSPS) is 14.4. The van der Waals surface area contributed by atoms with Gasteiger partial charge in [0.2, 0.25) is 0 Å². The fraction of sp³-hybridized carbons (Fsp3) is 0.600. The number of hydrogen-bond donors (Lipinski definition) is 1. The van der Waals surface area contributed by atoms with Crippen molar-refractivity contribution in [1.82, 2.24) is 9.88 Å². The second kappa shape index (κ2) is 6.44. The monoisotopic (exact) mass is 295 g/mol. The van der Waals surface area contributed by atoms with Crippen LogP contribution in [0.25, 0.3) is 0 Å². The van der Waals surface area contributed by atoms with Crippen molar-refractivity contribution < 1.29 is 4.79 Å². The Hall–Kier alpha value is -1.29. The molecule has 1 aromatic rings. The van der Waals surface area contributed by atoms with Gasteiger partial charge >= 0.3 is 0 Å². The van der Waals surface area contributed by atoms with Crippen LogP contribution in [-0.4, -0.2) is 34.9 Å². The maximum absolute atomic E-state index is 12.7. The molecule has 1 amide bonds. The number of anilines is 1. The largest absolute Gasteiger partial charge is 0.370 e. The van der Waals surface area contributed by atoms with E-state index in [4.69, 9.17) is 11.6 Å². The Bertz CT molecular complexity index is 486. The molecule has 20 heavy (non-hydrogen) atoms. The molecule has 1 N–H and O–H groups in total. The minimum atomic E-state index is -0.00143. The predicted octanol–water partition coefficient (Wildman–Crippen LogP) is 3.43. The zero-order valence-electron chi connectivity index (χ0n) is 12.3. The first-order chi connectivity index (χ1) is 9.52. The number of amides is 1. The minimum Gasteiger partial charge on any atom is -0.370 e. The lowest BCUT2D eigenvalue weighted by Crippen LogP contribution is -2.38. The van der Waals surface area contributed by atoms with E-state index in [0.29, 0.717) is 22.3 Å². The Morgan fingerprint density at radius 2 is 2.25 bits per heavy atom. The molecule has 1 aromatic heterocycles. The predicted molar refractivity (Wildman–Crippen MR) is 82.3 cm³/mol. The molecule has 1 heterocycles. The van der Waals surface area contributed by atoms with Crippen LogP contribution in [0.5, 0.6) is 0 Å². The number of nitrogens with one attached hydrogen (secondary N) is 1. The smallest absolute Gasteiger partial charge is 0.255 e. The third-order valence-corrected chi connectivity index (χ3v) is 3.78. The van der Waals surface area contributed by atoms with Gasteiger partial charge in [-0.15, -0.1) is 0 Å². The van der Waals surface area contributed by atoms with E-state index >= 15 is 0 Å². The van der Waals surface area contributed by atoms with Crippen LogP contribution >= 0.6 is 11.6 Å². The van der Waals surface area contributed by atoms with Gasteiger partial charge < -0.3 is 10.2 Å². The summed E-state index contributed by atoms with van der Waals surface area (Å²) < 4.78 is 0. The number of carbonyl (C=O) groups is 1. The first-order valence-electron chi connectivity index (χ1n) is 7.23.